The Hall–Kier alpha value is -1.31. The number of hydrogen-bond acceptors (Lipinski definition) is 1. The van der Waals surface area contributed by atoms with Gasteiger partial charge in [0.25, 0.3) is 0 Å². The third-order valence-corrected chi connectivity index (χ3v) is 4.33. The van der Waals surface area contributed by atoms with Crippen LogP contribution in [0.5, 0.6) is 0 Å². The minimum Gasteiger partial charge on any atom is -0.326 e. The number of benzene rings is 1. The number of carbonyl (C=O) groups is 1. The van der Waals surface area contributed by atoms with Crippen molar-refractivity contribution in [1.82, 2.24) is 0 Å². The number of carbonyl (C=O) groups excluding carboxylic acids is 1. The molecule has 2 rings (SSSR count). The summed E-state index contributed by atoms with van der Waals surface area (Å²) in [6, 6.07) is 8.19. The first-order valence-corrected chi connectivity index (χ1v) is 7.59. The first kappa shape index (κ1) is 14.1. The second kappa shape index (κ2) is 6.74. The monoisotopic (exact) mass is 259 g/mol. The Morgan fingerprint density at radius 2 is 2.00 bits per heavy atom. The molecule has 1 amide bonds. The molecule has 0 aromatic heterocycles. The van der Waals surface area contributed by atoms with Crippen molar-refractivity contribution in [2.24, 2.45) is 5.92 Å². The van der Waals surface area contributed by atoms with Gasteiger partial charge in [-0.15, -0.1) is 0 Å². The molecule has 1 aromatic rings. The van der Waals surface area contributed by atoms with Gasteiger partial charge in [0.15, 0.2) is 0 Å². The lowest BCUT2D eigenvalue weighted by Gasteiger charge is -2.16. The number of rotatable bonds is 5. The Balaban J connectivity index is 1.99. The van der Waals surface area contributed by atoms with Gasteiger partial charge in [-0.1, -0.05) is 44.9 Å². The minimum atomic E-state index is 0.183. The normalized spacial score (nSPS) is 17.4. The van der Waals surface area contributed by atoms with E-state index < -0.39 is 0 Å². The van der Waals surface area contributed by atoms with Crippen LogP contribution in [0.2, 0.25) is 0 Å². The van der Waals surface area contributed by atoms with Gasteiger partial charge < -0.3 is 5.32 Å². The van der Waals surface area contributed by atoms with Gasteiger partial charge in [0.05, 0.1) is 0 Å². The molecule has 2 nitrogen and oxygen atoms in total. The van der Waals surface area contributed by atoms with Gasteiger partial charge in [-0.2, -0.15) is 0 Å². The van der Waals surface area contributed by atoms with Crippen LogP contribution in [0, 0.1) is 5.92 Å². The van der Waals surface area contributed by atoms with E-state index in [1.165, 1.54) is 31.2 Å². The van der Waals surface area contributed by atoms with Crippen molar-refractivity contribution in [2.45, 2.75) is 58.3 Å². The molecule has 1 N–H and O–H groups in total. The summed E-state index contributed by atoms with van der Waals surface area (Å²) in [6.07, 6.45) is 6.81. The second-order valence-electron chi connectivity index (χ2n) is 5.80. The lowest BCUT2D eigenvalue weighted by atomic mass is 9.96. The Kier molecular flexibility index (Phi) is 5.00. The maximum absolute atomic E-state index is 12.1. The molecule has 104 valence electrons. The molecule has 1 saturated carbocycles. The summed E-state index contributed by atoms with van der Waals surface area (Å²) in [4.78, 5) is 12.1. The lowest BCUT2D eigenvalue weighted by Crippen LogP contribution is -2.16. The fraction of sp³-hybridized carbons (Fsp3) is 0.588. The van der Waals surface area contributed by atoms with Crippen LogP contribution in [0.25, 0.3) is 0 Å². The van der Waals surface area contributed by atoms with Gasteiger partial charge in [-0.05, 0) is 42.7 Å². The molecule has 19 heavy (non-hydrogen) atoms. The smallest absolute Gasteiger partial charge is 0.224 e. The highest BCUT2D eigenvalue weighted by Gasteiger charge is 2.19. The summed E-state index contributed by atoms with van der Waals surface area (Å²) in [6.45, 7) is 4.39. The molecule has 1 aliphatic carbocycles. The number of anilines is 1. The molecular formula is C17H25NO. The van der Waals surface area contributed by atoms with Gasteiger partial charge in [-0.3, -0.25) is 4.79 Å². The molecule has 1 aromatic carbocycles. The van der Waals surface area contributed by atoms with E-state index in [-0.39, 0.29) is 5.91 Å². The van der Waals surface area contributed by atoms with Crippen LogP contribution in [0.15, 0.2) is 24.3 Å². The molecule has 0 bridgehead atoms. The summed E-state index contributed by atoms with van der Waals surface area (Å²) in [5.41, 5.74) is 2.25. The van der Waals surface area contributed by atoms with Crippen molar-refractivity contribution < 1.29 is 4.79 Å². The third kappa shape index (κ3) is 3.82. The van der Waals surface area contributed by atoms with Crippen LogP contribution in [0.1, 0.15) is 63.9 Å². The molecule has 1 aliphatic rings. The van der Waals surface area contributed by atoms with Crippen LogP contribution < -0.4 is 5.32 Å². The van der Waals surface area contributed by atoms with Crippen LogP contribution in [0.4, 0.5) is 5.69 Å². The lowest BCUT2D eigenvalue weighted by molar-refractivity contribution is -0.117. The Bertz CT molecular complexity index is 421. The van der Waals surface area contributed by atoms with Gasteiger partial charge in [0, 0.05) is 12.1 Å². The largest absolute Gasteiger partial charge is 0.326 e. The average Bonchev–Trinajstić information content (AvgIpc) is 2.91. The zero-order chi connectivity index (χ0) is 13.7. The standard InChI is InChI=1S/C17H25NO/c1-3-13(2)15-10-6-7-11-16(15)18-17(19)12-14-8-4-5-9-14/h6-7,10-11,13-14H,3-5,8-9,12H2,1-2H3,(H,18,19). The van der Waals surface area contributed by atoms with Gasteiger partial charge in [0.1, 0.15) is 0 Å². The van der Waals surface area contributed by atoms with Crippen molar-refractivity contribution in [1.29, 1.82) is 0 Å². The Labute approximate surface area is 116 Å². The molecule has 0 spiro atoms. The van der Waals surface area contributed by atoms with Crippen LogP contribution >= 0.6 is 0 Å². The fourth-order valence-corrected chi connectivity index (χ4v) is 2.94. The van der Waals surface area contributed by atoms with Gasteiger partial charge in [0.2, 0.25) is 5.91 Å². The van der Waals surface area contributed by atoms with Crippen molar-refractivity contribution in [3.63, 3.8) is 0 Å². The Morgan fingerprint density at radius 3 is 2.68 bits per heavy atom. The zero-order valence-corrected chi connectivity index (χ0v) is 12.1. The third-order valence-electron chi connectivity index (χ3n) is 4.33. The first-order valence-electron chi connectivity index (χ1n) is 7.59. The van der Waals surface area contributed by atoms with Crippen molar-refractivity contribution in [2.75, 3.05) is 5.32 Å². The molecule has 0 heterocycles. The van der Waals surface area contributed by atoms with E-state index in [1.54, 1.807) is 0 Å². The molecule has 0 saturated heterocycles. The predicted octanol–water partition coefficient (Wildman–Crippen LogP) is 4.72. The molecule has 2 heteroatoms. The summed E-state index contributed by atoms with van der Waals surface area (Å²) < 4.78 is 0. The quantitative estimate of drug-likeness (QED) is 0.814. The van der Waals surface area contributed by atoms with E-state index in [9.17, 15) is 4.79 Å². The highest BCUT2D eigenvalue weighted by atomic mass is 16.1. The SMILES string of the molecule is CCC(C)c1ccccc1NC(=O)CC1CCCC1. The maximum Gasteiger partial charge on any atom is 0.224 e. The van der Waals surface area contributed by atoms with E-state index in [2.05, 4.69) is 25.2 Å². The number of amides is 1. The van der Waals surface area contributed by atoms with E-state index in [0.717, 1.165) is 12.1 Å². The first-order chi connectivity index (χ1) is 9.20. The van der Waals surface area contributed by atoms with E-state index >= 15 is 0 Å². The van der Waals surface area contributed by atoms with E-state index in [4.69, 9.17) is 0 Å². The van der Waals surface area contributed by atoms with E-state index in [1.807, 2.05) is 18.2 Å². The molecule has 0 radical (unpaired) electrons. The number of hydrogen-bond donors (Lipinski definition) is 1. The van der Waals surface area contributed by atoms with Crippen molar-refractivity contribution in [3.05, 3.63) is 29.8 Å². The van der Waals surface area contributed by atoms with E-state index in [0.29, 0.717) is 18.3 Å². The zero-order valence-electron chi connectivity index (χ0n) is 12.1. The van der Waals surface area contributed by atoms with Gasteiger partial charge >= 0.3 is 0 Å². The summed E-state index contributed by atoms with van der Waals surface area (Å²) in [5.74, 6) is 1.28. The maximum atomic E-state index is 12.1. The van der Waals surface area contributed by atoms with Crippen LogP contribution in [0.3, 0.4) is 0 Å². The highest BCUT2D eigenvalue weighted by Crippen LogP contribution is 2.29. The highest BCUT2D eigenvalue weighted by molar-refractivity contribution is 5.91. The topological polar surface area (TPSA) is 29.1 Å². The number of nitrogens with one attached hydrogen (secondary N) is 1. The summed E-state index contributed by atoms with van der Waals surface area (Å²) in [5, 5.41) is 3.11. The van der Waals surface area contributed by atoms with Crippen LogP contribution in [-0.4, -0.2) is 5.91 Å². The molecular weight excluding hydrogens is 234 g/mol. The summed E-state index contributed by atoms with van der Waals surface area (Å²) >= 11 is 0. The fourth-order valence-electron chi connectivity index (χ4n) is 2.94. The van der Waals surface area contributed by atoms with Crippen LogP contribution in [-0.2, 0) is 4.79 Å². The minimum absolute atomic E-state index is 0.183. The number of para-hydroxylation sites is 1. The van der Waals surface area contributed by atoms with Gasteiger partial charge in [-0.25, -0.2) is 0 Å². The predicted molar refractivity (Wildman–Crippen MR) is 80.4 cm³/mol. The van der Waals surface area contributed by atoms with Crippen molar-refractivity contribution in [3.8, 4) is 0 Å². The molecule has 1 atom stereocenters. The summed E-state index contributed by atoms with van der Waals surface area (Å²) in [7, 11) is 0. The average molecular weight is 259 g/mol. The molecule has 1 unspecified atom stereocenters. The molecule has 0 aliphatic heterocycles. The Morgan fingerprint density at radius 1 is 1.32 bits per heavy atom. The molecule has 1 fully saturated rings. The second-order valence-corrected chi connectivity index (χ2v) is 5.80. The van der Waals surface area contributed by atoms with Crippen molar-refractivity contribution >= 4 is 11.6 Å².